The van der Waals surface area contributed by atoms with Crippen LogP contribution in [0.15, 0.2) is 85.1 Å². The van der Waals surface area contributed by atoms with E-state index in [1.54, 1.807) is 0 Å². The van der Waals surface area contributed by atoms with Gasteiger partial charge in [-0.25, -0.2) is 4.79 Å². The molecule has 0 amide bonds. The van der Waals surface area contributed by atoms with E-state index in [-0.39, 0.29) is 5.97 Å². The first-order valence-corrected chi connectivity index (χ1v) is 14.0. The van der Waals surface area contributed by atoms with Crippen LogP contribution in [0.1, 0.15) is 35.7 Å². The normalized spacial score (nSPS) is 14.4. The van der Waals surface area contributed by atoms with Crippen LogP contribution < -0.4 is 4.74 Å². The van der Waals surface area contributed by atoms with Crippen molar-refractivity contribution in [2.75, 3.05) is 45.9 Å². The number of carbonyl (C=O) groups is 1. The van der Waals surface area contributed by atoms with Crippen molar-refractivity contribution in [3.05, 3.63) is 96.2 Å². The highest BCUT2D eigenvalue weighted by Crippen LogP contribution is 2.29. The van der Waals surface area contributed by atoms with Gasteiger partial charge in [-0.05, 0) is 41.3 Å². The van der Waals surface area contributed by atoms with Gasteiger partial charge in [-0.2, -0.15) is 0 Å². The lowest BCUT2D eigenvalue weighted by Gasteiger charge is -2.35. The number of hydrogen-bond acceptors (Lipinski definition) is 6. The number of rotatable bonds is 11. The highest BCUT2D eigenvalue weighted by Gasteiger charge is 2.20. The zero-order valence-electron chi connectivity index (χ0n) is 22.7. The van der Waals surface area contributed by atoms with Crippen molar-refractivity contribution in [1.29, 1.82) is 0 Å². The molecule has 0 aliphatic carbocycles. The third-order valence-electron chi connectivity index (χ3n) is 7.21. The maximum Gasteiger partial charge on any atom is 0.342 e. The Kier molecular flexibility index (Phi) is 9.20. The molecule has 0 atom stereocenters. The topological polar surface area (TPSA) is 54.9 Å². The first kappa shape index (κ1) is 26.9. The molecule has 0 radical (unpaired) electrons. The number of benzene rings is 3. The minimum absolute atomic E-state index is 0.316. The number of ether oxygens (including phenoxy) is 2. The predicted molar refractivity (Wildman–Crippen MR) is 156 cm³/mol. The maximum atomic E-state index is 12.9. The fourth-order valence-electron chi connectivity index (χ4n) is 5.15. The lowest BCUT2D eigenvalue weighted by atomic mass is 10.0. The van der Waals surface area contributed by atoms with Crippen molar-refractivity contribution < 1.29 is 14.3 Å². The van der Waals surface area contributed by atoms with E-state index in [2.05, 4.69) is 45.1 Å². The molecule has 1 saturated heterocycles. The van der Waals surface area contributed by atoms with Gasteiger partial charge in [-0.3, -0.25) is 9.88 Å². The molecule has 1 aliphatic heterocycles. The van der Waals surface area contributed by atoms with E-state index in [0.29, 0.717) is 24.5 Å². The Balaban J connectivity index is 1.12. The lowest BCUT2D eigenvalue weighted by Crippen LogP contribution is -2.46. The molecule has 1 aromatic heterocycles. The summed E-state index contributed by atoms with van der Waals surface area (Å²) < 4.78 is 11.6. The zero-order valence-corrected chi connectivity index (χ0v) is 22.7. The molecule has 0 unspecified atom stereocenters. The SMILES string of the molecule is CCCOC(=O)c1c(OCCCN2CCN(Cc3cccnc3-c3ccccc3)CC2)ccc2ccccc12. The van der Waals surface area contributed by atoms with E-state index >= 15 is 0 Å². The van der Waals surface area contributed by atoms with E-state index in [9.17, 15) is 4.79 Å². The third kappa shape index (κ3) is 6.83. The molecule has 202 valence electrons. The molecular weight excluding hydrogens is 486 g/mol. The first-order valence-electron chi connectivity index (χ1n) is 14.0. The third-order valence-corrected chi connectivity index (χ3v) is 7.21. The van der Waals surface area contributed by atoms with E-state index < -0.39 is 0 Å². The minimum Gasteiger partial charge on any atom is -0.493 e. The number of nitrogens with zero attached hydrogens (tertiary/aromatic N) is 3. The summed E-state index contributed by atoms with van der Waals surface area (Å²) in [4.78, 5) is 22.5. The molecule has 39 heavy (non-hydrogen) atoms. The van der Waals surface area contributed by atoms with E-state index in [4.69, 9.17) is 9.47 Å². The predicted octanol–water partition coefficient (Wildman–Crippen LogP) is 6.06. The summed E-state index contributed by atoms with van der Waals surface area (Å²) in [6.07, 6.45) is 3.56. The number of fused-ring (bicyclic) bond motifs is 1. The lowest BCUT2D eigenvalue weighted by molar-refractivity contribution is 0.0502. The standard InChI is InChI=1S/C33H37N3O3/c1-2-23-39-33(37)31-29-14-7-6-10-26(29)15-16-30(31)38-24-9-18-35-19-21-36(22-20-35)25-28-13-8-17-34-32(28)27-11-4-3-5-12-27/h3-8,10-17H,2,9,18-25H2,1H3. The van der Waals surface area contributed by atoms with Crippen LogP contribution in [-0.4, -0.2) is 66.7 Å². The van der Waals surface area contributed by atoms with Crippen molar-refractivity contribution in [2.45, 2.75) is 26.3 Å². The summed E-state index contributed by atoms with van der Waals surface area (Å²) in [5.74, 6) is 0.286. The Morgan fingerprint density at radius 3 is 2.44 bits per heavy atom. The largest absolute Gasteiger partial charge is 0.493 e. The van der Waals surface area contributed by atoms with Crippen molar-refractivity contribution in [2.24, 2.45) is 0 Å². The highest BCUT2D eigenvalue weighted by atomic mass is 16.5. The van der Waals surface area contributed by atoms with Crippen LogP contribution in [-0.2, 0) is 11.3 Å². The molecule has 6 nitrogen and oxygen atoms in total. The van der Waals surface area contributed by atoms with Gasteiger partial charge in [0.15, 0.2) is 0 Å². The molecule has 2 heterocycles. The van der Waals surface area contributed by atoms with Gasteiger partial charge in [0.1, 0.15) is 11.3 Å². The summed E-state index contributed by atoms with van der Waals surface area (Å²) in [5.41, 5.74) is 4.04. The number of hydrogen-bond donors (Lipinski definition) is 0. The number of piperazine rings is 1. The number of pyridine rings is 1. The Bertz CT molecular complexity index is 1370. The molecule has 6 heteroatoms. The van der Waals surface area contributed by atoms with Crippen molar-refractivity contribution in [3.8, 4) is 17.0 Å². The van der Waals surface area contributed by atoms with Crippen molar-refractivity contribution in [1.82, 2.24) is 14.8 Å². The van der Waals surface area contributed by atoms with Crippen LogP contribution in [0.3, 0.4) is 0 Å². The number of esters is 1. The zero-order chi connectivity index (χ0) is 26.9. The molecule has 3 aromatic carbocycles. The molecule has 1 fully saturated rings. The molecular formula is C33H37N3O3. The quantitative estimate of drug-likeness (QED) is 0.176. The summed E-state index contributed by atoms with van der Waals surface area (Å²) in [7, 11) is 0. The number of aromatic nitrogens is 1. The minimum atomic E-state index is -0.316. The van der Waals surface area contributed by atoms with Gasteiger partial charge in [0.2, 0.25) is 0 Å². The average molecular weight is 524 g/mol. The monoisotopic (exact) mass is 523 g/mol. The first-order chi connectivity index (χ1) is 19.2. The Labute approximate surface area is 231 Å². The second kappa shape index (κ2) is 13.4. The maximum absolute atomic E-state index is 12.9. The molecule has 0 N–H and O–H groups in total. The van der Waals surface area contributed by atoms with Gasteiger partial charge in [0, 0.05) is 51.0 Å². The summed E-state index contributed by atoms with van der Waals surface area (Å²) in [6, 6.07) is 26.4. The Morgan fingerprint density at radius 1 is 0.846 bits per heavy atom. The smallest absolute Gasteiger partial charge is 0.342 e. The van der Waals surface area contributed by atoms with Crippen LogP contribution in [0.4, 0.5) is 0 Å². The van der Waals surface area contributed by atoms with E-state index in [0.717, 1.165) is 68.6 Å². The molecule has 0 bridgehead atoms. The summed E-state index contributed by atoms with van der Waals surface area (Å²) >= 11 is 0. The number of carbonyl (C=O) groups excluding carboxylic acids is 1. The van der Waals surface area contributed by atoms with Crippen LogP contribution in [0.5, 0.6) is 5.75 Å². The van der Waals surface area contributed by atoms with Crippen LogP contribution in [0, 0.1) is 0 Å². The van der Waals surface area contributed by atoms with Crippen molar-refractivity contribution >= 4 is 16.7 Å². The van der Waals surface area contributed by atoms with Crippen LogP contribution in [0.2, 0.25) is 0 Å². The van der Waals surface area contributed by atoms with Gasteiger partial charge in [0.25, 0.3) is 0 Å². The average Bonchev–Trinajstić information content (AvgIpc) is 2.99. The molecule has 0 saturated carbocycles. The van der Waals surface area contributed by atoms with E-state index in [1.165, 1.54) is 11.1 Å². The Hall–Kier alpha value is -3.74. The molecule has 4 aromatic rings. The van der Waals surface area contributed by atoms with Gasteiger partial charge < -0.3 is 14.4 Å². The molecule has 0 spiro atoms. The molecule has 5 rings (SSSR count). The summed E-state index contributed by atoms with van der Waals surface area (Å²) in [6.45, 7) is 8.97. The van der Waals surface area contributed by atoms with Crippen LogP contribution in [0.25, 0.3) is 22.0 Å². The highest BCUT2D eigenvalue weighted by molar-refractivity contribution is 6.07. The van der Waals surface area contributed by atoms with E-state index in [1.807, 2.05) is 61.7 Å². The van der Waals surface area contributed by atoms with Gasteiger partial charge in [-0.1, -0.05) is 73.7 Å². The summed E-state index contributed by atoms with van der Waals surface area (Å²) in [5, 5.41) is 1.88. The van der Waals surface area contributed by atoms with Crippen LogP contribution >= 0.6 is 0 Å². The van der Waals surface area contributed by atoms with Gasteiger partial charge in [-0.15, -0.1) is 0 Å². The van der Waals surface area contributed by atoms with Crippen molar-refractivity contribution in [3.63, 3.8) is 0 Å². The van der Waals surface area contributed by atoms with Gasteiger partial charge >= 0.3 is 5.97 Å². The fourth-order valence-corrected chi connectivity index (χ4v) is 5.15. The second-order valence-electron chi connectivity index (χ2n) is 9.99. The fraction of sp³-hybridized carbons (Fsp3) is 0.333. The molecule has 1 aliphatic rings. The second-order valence-corrected chi connectivity index (χ2v) is 9.99. The van der Waals surface area contributed by atoms with Gasteiger partial charge in [0.05, 0.1) is 18.9 Å². The Morgan fingerprint density at radius 2 is 1.62 bits per heavy atom.